The molecule has 0 N–H and O–H groups in total. The highest BCUT2D eigenvalue weighted by Gasteiger charge is 2.36. The Morgan fingerprint density at radius 2 is 1.80 bits per heavy atom. The van der Waals surface area contributed by atoms with Gasteiger partial charge in [0, 0.05) is 0 Å². The largest absolute Gasteiger partial charge is 0.497 e. The molecule has 1 saturated heterocycles. The van der Waals surface area contributed by atoms with Crippen LogP contribution in [0.5, 0.6) is 11.5 Å². The summed E-state index contributed by atoms with van der Waals surface area (Å²) in [7, 11) is 3.29. The van der Waals surface area contributed by atoms with Crippen molar-refractivity contribution >= 4 is 44.4 Å². The summed E-state index contributed by atoms with van der Waals surface area (Å²) in [5, 5.41) is 0.653. The molecule has 0 aliphatic carbocycles. The number of carbonyl (C=O) groups is 1. The fraction of sp³-hybridized carbons (Fsp3) is 0.222. The van der Waals surface area contributed by atoms with Crippen LogP contribution in [0, 0.1) is 0 Å². The normalized spacial score (nSPS) is 17.3. The van der Waals surface area contributed by atoms with Crippen LogP contribution in [0.4, 0.5) is 5.13 Å². The van der Waals surface area contributed by atoms with Crippen molar-refractivity contribution in [3.8, 4) is 11.5 Å². The van der Waals surface area contributed by atoms with Gasteiger partial charge in [0.25, 0.3) is 0 Å². The van der Waals surface area contributed by atoms with Crippen molar-refractivity contribution in [3.63, 3.8) is 0 Å². The molecular formula is C18H16N2O3S2. The van der Waals surface area contributed by atoms with Crippen LogP contribution >= 0.6 is 23.1 Å². The molecule has 1 fully saturated rings. The van der Waals surface area contributed by atoms with Gasteiger partial charge in [-0.3, -0.25) is 9.69 Å². The van der Waals surface area contributed by atoms with Gasteiger partial charge in [-0.1, -0.05) is 23.5 Å². The van der Waals surface area contributed by atoms with Crippen LogP contribution < -0.4 is 14.4 Å². The molecule has 1 atom stereocenters. The van der Waals surface area contributed by atoms with Gasteiger partial charge in [0.2, 0.25) is 5.91 Å². The Morgan fingerprint density at radius 1 is 1.08 bits per heavy atom. The molecule has 0 radical (unpaired) electrons. The van der Waals surface area contributed by atoms with Gasteiger partial charge in [0.05, 0.1) is 30.2 Å². The summed E-state index contributed by atoms with van der Waals surface area (Å²) in [5.41, 5.74) is 1.94. The maximum absolute atomic E-state index is 12.5. The van der Waals surface area contributed by atoms with E-state index in [1.165, 1.54) is 11.3 Å². The zero-order valence-electron chi connectivity index (χ0n) is 13.8. The second kappa shape index (κ2) is 6.57. The molecular weight excluding hydrogens is 356 g/mol. The molecule has 0 bridgehead atoms. The monoisotopic (exact) mass is 372 g/mol. The molecule has 4 rings (SSSR count). The van der Waals surface area contributed by atoms with E-state index in [4.69, 9.17) is 9.47 Å². The second-order valence-corrected chi connectivity index (χ2v) is 7.61. The second-order valence-electron chi connectivity index (χ2n) is 5.53. The average Bonchev–Trinajstić information content (AvgIpc) is 3.23. The maximum Gasteiger partial charge on any atom is 0.240 e. The number of ether oxygens (including phenoxy) is 2. The third-order valence-electron chi connectivity index (χ3n) is 4.06. The number of rotatable bonds is 4. The molecule has 1 aromatic heterocycles. The molecule has 2 aromatic carbocycles. The molecule has 7 heteroatoms. The number of nitrogens with zero attached hydrogens (tertiary/aromatic N) is 2. The Labute approximate surface area is 153 Å². The first-order chi connectivity index (χ1) is 12.2. The number of hydrogen-bond acceptors (Lipinski definition) is 6. The van der Waals surface area contributed by atoms with Gasteiger partial charge in [0.1, 0.15) is 16.9 Å². The summed E-state index contributed by atoms with van der Waals surface area (Å²) in [6, 6.07) is 13.6. The Balaban J connectivity index is 1.71. The van der Waals surface area contributed by atoms with Gasteiger partial charge in [-0.2, -0.15) is 0 Å². The van der Waals surface area contributed by atoms with Crippen LogP contribution in [-0.2, 0) is 4.79 Å². The molecule has 3 aromatic rings. The lowest BCUT2D eigenvalue weighted by atomic mass is 10.2. The maximum atomic E-state index is 12.5. The van der Waals surface area contributed by atoms with Crippen LogP contribution in [0.2, 0.25) is 0 Å². The Bertz CT molecular complexity index is 924. The number of thiazole rings is 1. The fourth-order valence-electron chi connectivity index (χ4n) is 2.77. The van der Waals surface area contributed by atoms with E-state index in [9.17, 15) is 4.79 Å². The van der Waals surface area contributed by atoms with E-state index in [-0.39, 0.29) is 11.3 Å². The van der Waals surface area contributed by atoms with Crippen molar-refractivity contribution in [2.75, 3.05) is 24.9 Å². The topological polar surface area (TPSA) is 51.7 Å². The van der Waals surface area contributed by atoms with Crippen molar-refractivity contribution in [1.29, 1.82) is 0 Å². The molecule has 0 unspecified atom stereocenters. The SMILES string of the molecule is COc1ccc([C@@H]2SCC(=O)N2c2nc3ccc(OC)cc3s2)cc1. The quantitative estimate of drug-likeness (QED) is 0.690. The van der Waals surface area contributed by atoms with Crippen LogP contribution in [0.15, 0.2) is 42.5 Å². The molecule has 128 valence electrons. The van der Waals surface area contributed by atoms with E-state index in [0.29, 0.717) is 5.75 Å². The lowest BCUT2D eigenvalue weighted by Gasteiger charge is -2.21. The van der Waals surface area contributed by atoms with Gasteiger partial charge in [-0.25, -0.2) is 4.98 Å². The lowest BCUT2D eigenvalue weighted by Crippen LogP contribution is -2.27. The molecule has 25 heavy (non-hydrogen) atoms. The first kappa shape index (κ1) is 16.2. The summed E-state index contributed by atoms with van der Waals surface area (Å²) in [4.78, 5) is 19.0. The first-order valence-electron chi connectivity index (χ1n) is 7.72. The summed E-state index contributed by atoms with van der Waals surface area (Å²) in [5.74, 6) is 2.13. The fourth-order valence-corrected chi connectivity index (χ4v) is 5.03. The molecule has 1 aliphatic heterocycles. The number of anilines is 1. The Morgan fingerprint density at radius 3 is 2.52 bits per heavy atom. The van der Waals surface area contributed by atoms with Gasteiger partial charge < -0.3 is 9.47 Å². The van der Waals surface area contributed by atoms with Gasteiger partial charge >= 0.3 is 0 Å². The number of fused-ring (bicyclic) bond motifs is 1. The third-order valence-corrected chi connectivity index (χ3v) is 6.29. The van der Waals surface area contributed by atoms with Crippen molar-refractivity contribution in [3.05, 3.63) is 48.0 Å². The van der Waals surface area contributed by atoms with E-state index in [0.717, 1.165) is 32.4 Å². The van der Waals surface area contributed by atoms with Gasteiger partial charge in [-0.15, -0.1) is 11.8 Å². The van der Waals surface area contributed by atoms with Gasteiger partial charge in [0.15, 0.2) is 5.13 Å². The highest BCUT2D eigenvalue weighted by Crippen LogP contribution is 2.44. The van der Waals surface area contributed by atoms with Crippen LogP contribution in [0.3, 0.4) is 0 Å². The highest BCUT2D eigenvalue weighted by atomic mass is 32.2. The summed E-state index contributed by atoms with van der Waals surface area (Å²) < 4.78 is 11.5. The molecule has 2 heterocycles. The minimum absolute atomic E-state index is 0.0686. The molecule has 1 aliphatic rings. The van der Waals surface area contributed by atoms with Gasteiger partial charge in [-0.05, 0) is 35.9 Å². The van der Waals surface area contributed by atoms with E-state index in [1.54, 1.807) is 30.9 Å². The minimum atomic E-state index is -0.0686. The van der Waals surface area contributed by atoms with Crippen LogP contribution in [0.1, 0.15) is 10.9 Å². The smallest absolute Gasteiger partial charge is 0.240 e. The van der Waals surface area contributed by atoms with Crippen LogP contribution in [-0.4, -0.2) is 30.9 Å². The Kier molecular flexibility index (Phi) is 4.27. The van der Waals surface area contributed by atoms with Crippen molar-refractivity contribution in [2.45, 2.75) is 5.37 Å². The third kappa shape index (κ3) is 2.94. The minimum Gasteiger partial charge on any atom is -0.497 e. The van der Waals surface area contributed by atoms with Crippen molar-refractivity contribution in [1.82, 2.24) is 4.98 Å². The zero-order chi connectivity index (χ0) is 17.4. The Hall–Kier alpha value is -2.25. The first-order valence-corrected chi connectivity index (χ1v) is 9.58. The number of aromatic nitrogens is 1. The standard InChI is InChI=1S/C18H16N2O3S2/c1-22-12-5-3-11(4-6-12)17-20(16(21)10-24-17)18-19-14-8-7-13(23-2)9-15(14)25-18/h3-9,17H,10H2,1-2H3/t17-/m0/s1. The van der Waals surface area contributed by atoms with Crippen molar-refractivity contribution < 1.29 is 14.3 Å². The predicted octanol–water partition coefficient (Wildman–Crippen LogP) is 4.09. The van der Waals surface area contributed by atoms with Crippen molar-refractivity contribution in [2.24, 2.45) is 0 Å². The number of thioether (sulfide) groups is 1. The van der Waals surface area contributed by atoms with E-state index in [2.05, 4.69) is 4.98 Å². The molecule has 0 spiro atoms. The van der Waals surface area contributed by atoms with E-state index >= 15 is 0 Å². The van der Waals surface area contributed by atoms with E-state index in [1.807, 2.05) is 42.5 Å². The van der Waals surface area contributed by atoms with E-state index < -0.39 is 0 Å². The van der Waals surface area contributed by atoms with Crippen LogP contribution in [0.25, 0.3) is 10.2 Å². The highest BCUT2D eigenvalue weighted by molar-refractivity contribution is 8.00. The number of benzene rings is 2. The predicted molar refractivity (Wildman–Crippen MR) is 102 cm³/mol. The zero-order valence-corrected chi connectivity index (χ0v) is 15.4. The number of amides is 1. The summed E-state index contributed by atoms with van der Waals surface area (Å²) in [6.07, 6.45) is 0. The molecule has 5 nitrogen and oxygen atoms in total. The summed E-state index contributed by atoms with van der Waals surface area (Å²) in [6.45, 7) is 0. The molecule has 1 amide bonds. The lowest BCUT2D eigenvalue weighted by molar-refractivity contribution is -0.115. The number of methoxy groups -OCH3 is 2. The average molecular weight is 372 g/mol. The number of hydrogen-bond donors (Lipinski definition) is 0. The molecule has 0 saturated carbocycles. The summed E-state index contributed by atoms with van der Waals surface area (Å²) >= 11 is 3.12. The number of carbonyl (C=O) groups excluding carboxylic acids is 1.